The number of amides is 1. The van der Waals surface area contributed by atoms with Crippen molar-refractivity contribution in [2.75, 3.05) is 11.9 Å². The second-order valence-electron chi connectivity index (χ2n) is 7.81. The molecule has 0 fully saturated rings. The van der Waals surface area contributed by atoms with Gasteiger partial charge in [0.25, 0.3) is 11.5 Å². The number of alkyl halides is 6. The van der Waals surface area contributed by atoms with Crippen molar-refractivity contribution in [1.29, 1.82) is 0 Å². The fourth-order valence-electron chi connectivity index (χ4n) is 3.76. The summed E-state index contributed by atoms with van der Waals surface area (Å²) in [6.45, 7) is 0.157. The average Bonchev–Trinajstić information content (AvgIpc) is 2.75. The lowest BCUT2D eigenvalue weighted by molar-refractivity contribution is -0.376. The molecule has 196 valence electrons. The van der Waals surface area contributed by atoms with E-state index < -0.39 is 45.5 Å². The van der Waals surface area contributed by atoms with Gasteiger partial charge < -0.3 is 15.3 Å². The normalized spacial score (nSPS) is 16.9. The number of hydrogen-bond donors (Lipinski definition) is 4. The molecule has 16 heteroatoms. The number of rotatable bonds is 4. The van der Waals surface area contributed by atoms with Gasteiger partial charge >= 0.3 is 12.4 Å². The minimum Gasteiger partial charge on any atom is -0.369 e. The first-order chi connectivity index (χ1) is 16.4. The van der Waals surface area contributed by atoms with Gasteiger partial charge in [0.15, 0.2) is 0 Å². The standard InChI is InChI=1S/C20H17F6N3O4S3/c21-19(22,23)18(31,20(24,25)26)11-1-3-12(4-2-11)28-16(30)15-14-6-5-13(36(27,32)33)9-10(14)7-8-29(15)17(34)35/h1-6,9,15,31H,7-8H2,(H,28,30)(H,34,35)(H2,27,32,33). The Hall–Kier alpha value is -2.40. The Morgan fingerprint density at radius 1 is 1.08 bits per heavy atom. The number of aliphatic hydroxyl groups is 1. The molecule has 2 aromatic carbocycles. The zero-order valence-corrected chi connectivity index (χ0v) is 20.3. The van der Waals surface area contributed by atoms with Crippen molar-refractivity contribution in [1.82, 2.24) is 4.90 Å². The zero-order chi connectivity index (χ0) is 27.3. The third kappa shape index (κ3) is 5.18. The number of carbonyl (C=O) groups is 1. The van der Waals surface area contributed by atoms with Crippen molar-refractivity contribution >= 4 is 50.8 Å². The lowest BCUT2D eigenvalue weighted by Crippen LogP contribution is -2.53. The highest BCUT2D eigenvalue weighted by Crippen LogP contribution is 2.50. The molecular weight excluding hydrogens is 556 g/mol. The van der Waals surface area contributed by atoms with Gasteiger partial charge in [0.1, 0.15) is 10.4 Å². The van der Waals surface area contributed by atoms with E-state index in [9.17, 15) is 44.7 Å². The van der Waals surface area contributed by atoms with Crippen molar-refractivity contribution in [2.24, 2.45) is 5.14 Å². The number of nitrogens with one attached hydrogen (secondary N) is 1. The Labute approximate surface area is 211 Å². The summed E-state index contributed by atoms with van der Waals surface area (Å²) in [7, 11) is -4.03. The predicted octanol–water partition coefficient (Wildman–Crippen LogP) is 3.40. The zero-order valence-electron chi connectivity index (χ0n) is 17.8. The van der Waals surface area contributed by atoms with Crippen molar-refractivity contribution in [3.05, 3.63) is 59.2 Å². The van der Waals surface area contributed by atoms with Gasteiger partial charge in [-0.2, -0.15) is 26.3 Å². The van der Waals surface area contributed by atoms with Crippen LogP contribution in [0.3, 0.4) is 0 Å². The first-order valence-corrected chi connectivity index (χ1v) is 12.2. The molecule has 1 heterocycles. The van der Waals surface area contributed by atoms with Crippen LogP contribution in [-0.4, -0.2) is 47.5 Å². The molecule has 0 aliphatic carbocycles. The van der Waals surface area contributed by atoms with E-state index in [-0.39, 0.29) is 27.9 Å². The number of nitrogens with two attached hydrogens (primary N) is 1. The number of sulfonamides is 1. The average molecular weight is 574 g/mol. The van der Waals surface area contributed by atoms with E-state index in [0.29, 0.717) is 23.3 Å². The van der Waals surface area contributed by atoms with E-state index in [1.54, 1.807) is 0 Å². The van der Waals surface area contributed by atoms with Gasteiger partial charge in [-0.15, -0.1) is 12.6 Å². The molecule has 0 saturated heterocycles. The molecule has 0 saturated carbocycles. The molecule has 1 aliphatic rings. The van der Waals surface area contributed by atoms with Gasteiger partial charge in [-0.1, -0.05) is 30.4 Å². The Bertz CT molecular complexity index is 1280. The van der Waals surface area contributed by atoms with Gasteiger partial charge in [-0.3, -0.25) is 4.79 Å². The number of primary sulfonamides is 1. The van der Waals surface area contributed by atoms with E-state index in [1.807, 2.05) is 0 Å². The first kappa shape index (κ1) is 28.2. The van der Waals surface area contributed by atoms with Crippen LogP contribution in [0.25, 0.3) is 0 Å². The van der Waals surface area contributed by atoms with Gasteiger partial charge in [0.05, 0.1) is 4.90 Å². The highest BCUT2D eigenvalue weighted by Gasteiger charge is 2.71. The molecule has 4 N–H and O–H groups in total. The third-order valence-electron chi connectivity index (χ3n) is 5.56. The molecule has 1 unspecified atom stereocenters. The molecule has 0 radical (unpaired) electrons. The second-order valence-corrected chi connectivity index (χ2v) is 10.5. The van der Waals surface area contributed by atoms with E-state index in [2.05, 4.69) is 17.9 Å². The molecule has 0 spiro atoms. The topological polar surface area (TPSA) is 113 Å². The monoisotopic (exact) mass is 573 g/mol. The fourth-order valence-corrected chi connectivity index (χ4v) is 4.74. The molecule has 1 atom stereocenters. The molecule has 3 rings (SSSR count). The van der Waals surface area contributed by atoms with Crippen molar-refractivity contribution in [3.63, 3.8) is 0 Å². The van der Waals surface area contributed by atoms with Crippen LogP contribution >= 0.6 is 24.8 Å². The summed E-state index contributed by atoms with van der Waals surface area (Å²) in [5, 5.41) is 17.0. The highest BCUT2D eigenvalue weighted by molar-refractivity contribution is 8.10. The Kier molecular flexibility index (Phi) is 7.42. The molecule has 0 aromatic heterocycles. The van der Waals surface area contributed by atoms with Gasteiger partial charge in [0.2, 0.25) is 10.0 Å². The van der Waals surface area contributed by atoms with Crippen LogP contribution in [0.5, 0.6) is 0 Å². The Balaban J connectivity index is 1.95. The number of benzene rings is 2. The summed E-state index contributed by atoms with van der Waals surface area (Å²) in [6, 6.07) is 5.02. The van der Waals surface area contributed by atoms with E-state index in [0.717, 1.165) is 12.1 Å². The fraction of sp³-hybridized carbons (Fsp3) is 0.300. The minimum absolute atomic E-state index is 0.0205. The smallest absolute Gasteiger partial charge is 0.369 e. The molecule has 36 heavy (non-hydrogen) atoms. The van der Waals surface area contributed by atoms with Gasteiger partial charge in [0, 0.05) is 17.8 Å². The van der Waals surface area contributed by atoms with Crippen LogP contribution in [0.2, 0.25) is 0 Å². The van der Waals surface area contributed by atoms with Gasteiger partial charge in [-0.25, -0.2) is 13.6 Å². The maximum absolute atomic E-state index is 13.1. The van der Waals surface area contributed by atoms with Crippen LogP contribution < -0.4 is 10.5 Å². The summed E-state index contributed by atoms with van der Waals surface area (Å²) < 4.78 is 102. The third-order valence-corrected chi connectivity index (χ3v) is 6.96. The molecule has 7 nitrogen and oxygen atoms in total. The van der Waals surface area contributed by atoms with Crippen LogP contribution in [0.4, 0.5) is 32.0 Å². The molecular formula is C20H17F6N3O4S3. The summed E-state index contributed by atoms with van der Waals surface area (Å²) in [5.74, 6) is -0.773. The molecule has 1 amide bonds. The summed E-state index contributed by atoms with van der Waals surface area (Å²) >= 11 is 9.17. The Morgan fingerprint density at radius 3 is 2.11 bits per heavy atom. The van der Waals surface area contributed by atoms with Crippen molar-refractivity contribution < 1.29 is 44.7 Å². The number of anilines is 1. The van der Waals surface area contributed by atoms with E-state index in [1.165, 1.54) is 23.1 Å². The number of hydrogen-bond acceptors (Lipinski definition) is 5. The minimum atomic E-state index is -6.06. The molecule has 1 aliphatic heterocycles. The second kappa shape index (κ2) is 9.48. The summed E-state index contributed by atoms with van der Waals surface area (Å²) in [5.41, 5.74) is -5.95. The van der Waals surface area contributed by atoms with Gasteiger partial charge in [-0.05, 0) is 41.8 Å². The summed E-state index contributed by atoms with van der Waals surface area (Å²) in [6.07, 6.45) is -11.8. The number of thiol groups is 1. The molecule has 2 aromatic rings. The largest absolute Gasteiger partial charge is 0.430 e. The summed E-state index contributed by atoms with van der Waals surface area (Å²) in [4.78, 5) is 14.4. The highest BCUT2D eigenvalue weighted by atomic mass is 32.2. The Morgan fingerprint density at radius 2 is 1.64 bits per heavy atom. The number of nitrogens with zero attached hydrogens (tertiary/aromatic N) is 1. The lowest BCUT2D eigenvalue weighted by Gasteiger charge is -2.37. The van der Waals surface area contributed by atoms with Crippen LogP contribution in [-0.2, 0) is 26.8 Å². The SMILES string of the molecule is NS(=O)(=O)c1ccc2c(c1)CCN(C(=S)S)C2C(=O)Nc1ccc(C(O)(C(F)(F)F)C(F)(F)F)cc1. The quantitative estimate of drug-likeness (QED) is 0.254. The van der Waals surface area contributed by atoms with Crippen molar-refractivity contribution in [2.45, 2.75) is 35.3 Å². The number of thiocarbonyl (C=S) groups is 1. The number of carbonyl (C=O) groups excluding carboxylic acids is 1. The van der Waals surface area contributed by atoms with Crippen LogP contribution in [0.1, 0.15) is 22.7 Å². The van der Waals surface area contributed by atoms with Crippen LogP contribution in [0.15, 0.2) is 47.4 Å². The number of fused-ring (bicyclic) bond motifs is 1. The number of halogens is 6. The maximum atomic E-state index is 13.1. The van der Waals surface area contributed by atoms with E-state index >= 15 is 0 Å². The van der Waals surface area contributed by atoms with E-state index in [4.69, 9.17) is 17.4 Å². The molecule has 0 bridgehead atoms. The first-order valence-electron chi connectivity index (χ1n) is 9.80. The van der Waals surface area contributed by atoms with Crippen molar-refractivity contribution in [3.8, 4) is 0 Å². The maximum Gasteiger partial charge on any atom is 0.430 e. The lowest BCUT2D eigenvalue weighted by atomic mass is 9.91. The van der Waals surface area contributed by atoms with Crippen LogP contribution in [0, 0.1) is 0 Å². The predicted molar refractivity (Wildman–Crippen MR) is 124 cm³/mol.